The van der Waals surface area contributed by atoms with Crippen molar-refractivity contribution in [2.24, 2.45) is 0 Å². The number of thioether (sulfide) groups is 1. The molecule has 5 heteroatoms. The lowest BCUT2D eigenvalue weighted by molar-refractivity contribution is 0.196. The number of rotatable bonds is 4. The number of thiazole rings is 1. The summed E-state index contributed by atoms with van der Waals surface area (Å²) >= 11 is 3.38. The van der Waals surface area contributed by atoms with Gasteiger partial charge in [0.25, 0.3) is 0 Å². The molecule has 0 saturated heterocycles. The Balaban J connectivity index is 1.98. The third kappa shape index (κ3) is 2.53. The molecule has 2 aromatic rings. The molecule has 15 heavy (non-hydrogen) atoms. The van der Waals surface area contributed by atoms with Crippen molar-refractivity contribution >= 4 is 28.1 Å². The zero-order valence-corrected chi connectivity index (χ0v) is 10.4. The molecule has 2 rings (SSSR count). The summed E-state index contributed by atoms with van der Waals surface area (Å²) < 4.78 is 2.04. The maximum absolute atomic E-state index is 9.35. The van der Waals surface area contributed by atoms with E-state index in [4.69, 9.17) is 0 Å². The van der Waals surface area contributed by atoms with E-state index in [2.05, 4.69) is 4.98 Å². The van der Waals surface area contributed by atoms with Crippen LogP contribution in [0.5, 0.6) is 0 Å². The Labute approximate surface area is 97.2 Å². The van der Waals surface area contributed by atoms with Gasteiger partial charge in [-0.15, -0.1) is 23.1 Å². The molecule has 0 aliphatic rings. The van der Waals surface area contributed by atoms with Crippen LogP contribution in [-0.2, 0) is 5.75 Å². The first-order chi connectivity index (χ1) is 7.16. The van der Waals surface area contributed by atoms with Crippen molar-refractivity contribution in [1.29, 1.82) is 0 Å². The average Bonchev–Trinajstić information content (AvgIpc) is 2.72. The number of hydrogen-bond acceptors (Lipinski definition) is 4. The smallest absolute Gasteiger partial charge is 0.193 e. The number of aromatic nitrogens is 2. The van der Waals surface area contributed by atoms with E-state index in [0.29, 0.717) is 0 Å². The van der Waals surface area contributed by atoms with E-state index in [1.807, 2.05) is 36.0 Å². The van der Waals surface area contributed by atoms with Crippen LogP contribution in [0.25, 0.3) is 4.96 Å². The Morgan fingerprint density at radius 3 is 3.07 bits per heavy atom. The van der Waals surface area contributed by atoms with Crippen LogP contribution in [-0.4, -0.2) is 25.8 Å². The predicted octanol–water partition coefficient (Wildman–Crippen LogP) is 2.40. The highest BCUT2D eigenvalue weighted by Gasteiger charge is 2.10. The molecule has 0 radical (unpaired) electrons. The van der Waals surface area contributed by atoms with Crippen LogP contribution in [0.15, 0.2) is 17.8 Å². The molecular weight excluding hydrogens is 228 g/mol. The molecule has 82 valence electrons. The molecule has 0 spiro atoms. The summed E-state index contributed by atoms with van der Waals surface area (Å²) in [6, 6.07) is 0. The Bertz CT molecular complexity index is 407. The topological polar surface area (TPSA) is 37.5 Å². The third-order valence-corrected chi connectivity index (χ3v) is 4.47. The zero-order valence-electron chi connectivity index (χ0n) is 8.75. The van der Waals surface area contributed by atoms with Crippen molar-refractivity contribution in [2.75, 3.05) is 0 Å². The van der Waals surface area contributed by atoms with Gasteiger partial charge in [-0.05, 0) is 6.92 Å². The van der Waals surface area contributed by atoms with Gasteiger partial charge >= 0.3 is 0 Å². The largest absolute Gasteiger partial charge is 0.392 e. The minimum atomic E-state index is -0.265. The van der Waals surface area contributed by atoms with Gasteiger partial charge in [0.05, 0.1) is 11.8 Å². The number of fused-ring (bicyclic) bond motifs is 1. The highest BCUT2D eigenvalue weighted by Crippen LogP contribution is 2.21. The summed E-state index contributed by atoms with van der Waals surface area (Å²) in [6.07, 6.45) is 3.80. The highest BCUT2D eigenvalue weighted by molar-refractivity contribution is 7.99. The van der Waals surface area contributed by atoms with Gasteiger partial charge in [0.15, 0.2) is 4.96 Å². The van der Waals surface area contributed by atoms with Crippen molar-refractivity contribution in [2.45, 2.75) is 31.0 Å². The van der Waals surface area contributed by atoms with E-state index >= 15 is 0 Å². The molecule has 0 fully saturated rings. The van der Waals surface area contributed by atoms with E-state index in [-0.39, 0.29) is 11.4 Å². The summed E-state index contributed by atoms with van der Waals surface area (Å²) in [5.41, 5.74) is 1.08. The fourth-order valence-corrected chi connectivity index (χ4v) is 2.77. The molecule has 3 nitrogen and oxygen atoms in total. The minimum Gasteiger partial charge on any atom is -0.392 e. The second-order valence-corrected chi connectivity index (χ2v) is 5.82. The van der Waals surface area contributed by atoms with Crippen LogP contribution in [0.1, 0.15) is 19.5 Å². The van der Waals surface area contributed by atoms with Crippen LogP contribution in [0.4, 0.5) is 0 Å². The summed E-state index contributed by atoms with van der Waals surface area (Å²) in [6.45, 7) is 3.86. The molecule has 0 aromatic carbocycles. The van der Waals surface area contributed by atoms with Gasteiger partial charge in [-0.2, -0.15) is 0 Å². The third-order valence-electron chi connectivity index (χ3n) is 2.32. The van der Waals surface area contributed by atoms with Crippen molar-refractivity contribution < 1.29 is 5.11 Å². The second-order valence-electron chi connectivity index (χ2n) is 3.58. The lowest BCUT2D eigenvalue weighted by Crippen LogP contribution is -2.15. The summed E-state index contributed by atoms with van der Waals surface area (Å²) in [5.74, 6) is 0.862. The van der Waals surface area contributed by atoms with Crippen LogP contribution in [0.3, 0.4) is 0 Å². The van der Waals surface area contributed by atoms with Gasteiger partial charge in [-0.3, -0.25) is 4.40 Å². The first-order valence-corrected chi connectivity index (χ1v) is 6.80. The number of aliphatic hydroxyl groups is 1. The van der Waals surface area contributed by atoms with Gasteiger partial charge in [0, 0.05) is 28.8 Å². The fraction of sp³-hybridized carbons (Fsp3) is 0.500. The molecule has 0 bridgehead atoms. The minimum absolute atomic E-state index is 0.254. The van der Waals surface area contributed by atoms with E-state index in [1.54, 1.807) is 23.1 Å². The van der Waals surface area contributed by atoms with Crippen molar-refractivity contribution in [3.8, 4) is 0 Å². The van der Waals surface area contributed by atoms with E-state index < -0.39 is 0 Å². The van der Waals surface area contributed by atoms with Gasteiger partial charge in [0.1, 0.15) is 0 Å². The van der Waals surface area contributed by atoms with Crippen LogP contribution in [0, 0.1) is 0 Å². The Morgan fingerprint density at radius 2 is 2.40 bits per heavy atom. The molecule has 2 heterocycles. The zero-order chi connectivity index (χ0) is 10.8. The van der Waals surface area contributed by atoms with Gasteiger partial charge < -0.3 is 5.11 Å². The Morgan fingerprint density at radius 1 is 1.60 bits per heavy atom. The standard InChI is InChI=1S/C10H14N2OS2/c1-7(13)8(2)15-6-9-5-12-3-4-14-10(12)11-9/h3-5,7-8,13H,6H2,1-2H3. The molecule has 0 aliphatic carbocycles. The molecule has 0 amide bonds. The lowest BCUT2D eigenvalue weighted by atomic mass is 10.3. The molecule has 2 atom stereocenters. The predicted molar refractivity (Wildman–Crippen MR) is 65.5 cm³/mol. The average molecular weight is 242 g/mol. The Hall–Kier alpha value is -0.520. The molecule has 0 aliphatic heterocycles. The number of hydrogen-bond donors (Lipinski definition) is 1. The quantitative estimate of drug-likeness (QED) is 0.894. The van der Waals surface area contributed by atoms with E-state index in [9.17, 15) is 5.11 Å². The van der Waals surface area contributed by atoms with Gasteiger partial charge in [-0.1, -0.05) is 6.92 Å². The normalized spacial score (nSPS) is 15.7. The lowest BCUT2D eigenvalue weighted by Gasteiger charge is -2.12. The van der Waals surface area contributed by atoms with Crippen molar-refractivity contribution in [1.82, 2.24) is 9.38 Å². The molecule has 2 aromatic heterocycles. The first kappa shape index (κ1) is 11.0. The first-order valence-electron chi connectivity index (χ1n) is 4.87. The Kier molecular flexibility index (Phi) is 3.33. The summed E-state index contributed by atoms with van der Waals surface area (Å²) in [5, 5.41) is 11.6. The van der Waals surface area contributed by atoms with E-state index in [0.717, 1.165) is 16.4 Å². The highest BCUT2D eigenvalue weighted by atomic mass is 32.2. The van der Waals surface area contributed by atoms with Crippen molar-refractivity contribution in [3.05, 3.63) is 23.5 Å². The molecule has 1 N–H and O–H groups in total. The van der Waals surface area contributed by atoms with Crippen LogP contribution < -0.4 is 0 Å². The maximum Gasteiger partial charge on any atom is 0.193 e. The van der Waals surface area contributed by atoms with Gasteiger partial charge in [0.2, 0.25) is 0 Å². The fourth-order valence-electron chi connectivity index (χ4n) is 1.20. The molecule has 2 unspecified atom stereocenters. The van der Waals surface area contributed by atoms with E-state index in [1.165, 1.54) is 0 Å². The number of imidazole rings is 1. The van der Waals surface area contributed by atoms with Crippen LogP contribution in [0.2, 0.25) is 0 Å². The van der Waals surface area contributed by atoms with Crippen LogP contribution >= 0.6 is 23.1 Å². The second kappa shape index (κ2) is 4.55. The monoisotopic (exact) mass is 242 g/mol. The summed E-state index contributed by atoms with van der Waals surface area (Å²) in [4.78, 5) is 5.52. The van der Waals surface area contributed by atoms with Gasteiger partial charge in [-0.25, -0.2) is 4.98 Å². The molecular formula is C10H14N2OS2. The van der Waals surface area contributed by atoms with Crippen molar-refractivity contribution in [3.63, 3.8) is 0 Å². The SMILES string of the molecule is CC(O)C(C)SCc1cn2ccsc2n1. The number of nitrogens with zero attached hydrogens (tertiary/aromatic N) is 2. The maximum atomic E-state index is 9.35. The summed E-state index contributed by atoms with van der Waals surface area (Å²) in [7, 11) is 0. The number of aliphatic hydroxyl groups excluding tert-OH is 1. The molecule has 0 saturated carbocycles.